The minimum absolute atomic E-state index is 0.00993. The fourth-order valence-corrected chi connectivity index (χ4v) is 2.69. The molecule has 0 spiro atoms. The standard InChI is InChI=1S/C17H18NO4P/c1-3-12-18-17(14-6-4-13(2)5-7-14)15-8-10-16(11-9-15)23(20,21)22-19/h3-11,19H,1,12H2,2H3,(H,20,21)/b18-17-. The molecule has 1 atom stereocenters. The van der Waals surface area contributed by atoms with E-state index in [0.717, 1.165) is 22.4 Å². The van der Waals surface area contributed by atoms with E-state index >= 15 is 0 Å². The molecule has 2 N–H and O–H groups in total. The van der Waals surface area contributed by atoms with Gasteiger partial charge in [-0.15, -0.1) is 11.3 Å². The van der Waals surface area contributed by atoms with Gasteiger partial charge in [0, 0.05) is 11.1 Å². The molecule has 0 aliphatic carbocycles. The van der Waals surface area contributed by atoms with E-state index in [-0.39, 0.29) is 5.30 Å². The number of aryl methyl sites for hydroxylation is 1. The predicted molar refractivity (Wildman–Crippen MR) is 91.5 cm³/mol. The zero-order chi connectivity index (χ0) is 16.9. The van der Waals surface area contributed by atoms with Crippen molar-refractivity contribution >= 4 is 18.6 Å². The molecule has 2 rings (SSSR count). The summed E-state index contributed by atoms with van der Waals surface area (Å²) in [7, 11) is -4.18. The molecule has 0 aliphatic heterocycles. The Kier molecular flexibility index (Phi) is 5.64. The van der Waals surface area contributed by atoms with Crippen molar-refractivity contribution in [1.82, 2.24) is 0 Å². The van der Waals surface area contributed by atoms with Gasteiger partial charge < -0.3 is 4.89 Å². The first-order valence-corrected chi connectivity index (χ1v) is 8.55. The molecule has 0 radical (unpaired) electrons. The lowest BCUT2D eigenvalue weighted by Crippen LogP contribution is -2.09. The maximum Gasteiger partial charge on any atom is 0.385 e. The first-order chi connectivity index (χ1) is 11.0. The zero-order valence-corrected chi connectivity index (χ0v) is 13.6. The molecule has 0 aliphatic rings. The quantitative estimate of drug-likeness (QED) is 0.280. The van der Waals surface area contributed by atoms with Crippen LogP contribution in [0.25, 0.3) is 0 Å². The van der Waals surface area contributed by atoms with Crippen molar-refractivity contribution in [3.05, 3.63) is 77.9 Å². The van der Waals surface area contributed by atoms with Crippen LogP contribution in [0.1, 0.15) is 16.7 Å². The molecule has 0 amide bonds. The van der Waals surface area contributed by atoms with E-state index in [9.17, 15) is 9.46 Å². The Morgan fingerprint density at radius 1 is 1.17 bits per heavy atom. The van der Waals surface area contributed by atoms with Gasteiger partial charge in [-0.05, 0) is 19.1 Å². The average Bonchev–Trinajstić information content (AvgIpc) is 2.57. The number of aliphatic imine (C=N–C) groups is 1. The highest BCUT2D eigenvalue weighted by Gasteiger charge is 2.22. The van der Waals surface area contributed by atoms with E-state index in [0.29, 0.717) is 6.54 Å². The van der Waals surface area contributed by atoms with Crippen molar-refractivity contribution in [1.29, 1.82) is 0 Å². The molecule has 120 valence electrons. The normalized spacial score (nSPS) is 14.3. The van der Waals surface area contributed by atoms with Gasteiger partial charge in [0.1, 0.15) is 0 Å². The molecule has 0 heterocycles. The van der Waals surface area contributed by atoms with Crippen LogP contribution in [0.5, 0.6) is 0 Å². The van der Waals surface area contributed by atoms with Gasteiger partial charge in [-0.2, -0.15) is 0 Å². The number of hydrogen-bond acceptors (Lipinski definition) is 4. The van der Waals surface area contributed by atoms with Gasteiger partial charge in [0.15, 0.2) is 0 Å². The molecule has 2 aromatic rings. The Morgan fingerprint density at radius 2 is 1.70 bits per heavy atom. The van der Waals surface area contributed by atoms with Crippen molar-refractivity contribution in [2.24, 2.45) is 4.99 Å². The third-order valence-corrected chi connectivity index (χ3v) is 4.45. The van der Waals surface area contributed by atoms with Crippen LogP contribution >= 0.6 is 7.60 Å². The topological polar surface area (TPSA) is 79.1 Å². The van der Waals surface area contributed by atoms with Gasteiger partial charge in [0.05, 0.1) is 17.6 Å². The molecule has 1 unspecified atom stereocenters. The monoisotopic (exact) mass is 331 g/mol. The SMILES string of the molecule is C=CC/N=C(/c1ccc(C)cc1)c1ccc(P(=O)(O)OO)cc1. The first-order valence-electron chi connectivity index (χ1n) is 6.97. The lowest BCUT2D eigenvalue weighted by molar-refractivity contribution is -0.143. The van der Waals surface area contributed by atoms with Gasteiger partial charge in [0.2, 0.25) is 0 Å². The highest BCUT2D eigenvalue weighted by molar-refractivity contribution is 7.61. The molecule has 2 aromatic carbocycles. The highest BCUT2D eigenvalue weighted by atomic mass is 31.2. The van der Waals surface area contributed by atoms with Crippen molar-refractivity contribution in [3.63, 3.8) is 0 Å². The molecule has 0 saturated carbocycles. The molecule has 6 heteroatoms. The number of benzene rings is 2. The maximum absolute atomic E-state index is 11.6. The zero-order valence-electron chi connectivity index (χ0n) is 12.7. The van der Waals surface area contributed by atoms with Gasteiger partial charge in [-0.1, -0.05) is 48.0 Å². The summed E-state index contributed by atoms with van der Waals surface area (Å²) in [6, 6.07) is 14.1. The number of rotatable bonds is 6. The molecule has 0 fully saturated rings. The fourth-order valence-electron chi connectivity index (χ4n) is 2.07. The summed E-state index contributed by atoms with van der Waals surface area (Å²) in [5.41, 5.74) is 3.64. The fraction of sp³-hybridized carbons (Fsp3) is 0.118. The summed E-state index contributed by atoms with van der Waals surface area (Å²) >= 11 is 0. The second kappa shape index (κ2) is 7.49. The maximum atomic E-state index is 11.6. The van der Waals surface area contributed by atoms with Crippen molar-refractivity contribution in [3.8, 4) is 0 Å². The number of nitrogens with zero attached hydrogens (tertiary/aromatic N) is 1. The average molecular weight is 331 g/mol. The van der Waals surface area contributed by atoms with Crippen molar-refractivity contribution in [2.75, 3.05) is 6.54 Å². The largest absolute Gasteiger partial charge is 0.385 e. The van der Waals surface area contributed by atoms with Crippen LogP contribution < -0.4 is 5.30 Å². The summed E-state index contributed by atoms with van der Waals surface area (Å²) in [5, 5.41) is 8.51. The Bertz CT molecular complexity index is 751. The van der Waals surface area contributed by atoms with Gasteiger partial charge >= 0.3 is 7.60 Å². The van der Waals surface area contributed by atoms with E-state index in [1.54, 1.807) is 18.2 Å². The van der Waals surface area contributed by atoms with Gasteiger partial charge in [-0.3, -0.25) is 9.56 Å². The number of hydrogen-bond donors (Lipinski definition) is 2. The van der Waals surface area contributed by atoms with Gasteiger partial charge in [0.25, 0.3) is 0 Å². The molecular formula is C17H18NO4P. The minimum atomic E-state index is -4.18. The summed E-state index contributed by atoms with van der Waals surface area (Å²) in [6.07, 6.45) is 1.70. The van der Waals surface area contributed by atoms with E-state index in [1.807, 2.05) is 31.2 Å². The van der Waals surface area contributed by atoms with E-state index in [4.69, 9.17) is 5.26 Å². The summed E-state index contributed by atoms with van der Waals surface area (Å²) in [4.78, 5) is 14.0. The van der Waals surface area contributed by atoms with Crippen LogP contribution in [0.3, 0.4) is 0 Å². The lowest BCUT2D eigenvalue weighted by atomic mass is 10.0. The molecule has 23 heavy (non-hydrogen) atoms. The van der Waals surface area contributed by atoms with Crippen LogP contribution in [0, 0.1) is 6.92 Å². The highest BCUT2D eigenvalue weighted by Crippen LogP contribution is 2.39. The van der Waals surface area contributed by atoms with Crippen molar-refractivity contribution in [2.45, 2.75) is 6.92 Å². The Morgan fingerprint density at radius 3 is 2.17 bits per heavy atom. The Labute approximate surface area is 135 Å². The molecule has 0 saturated heterocycles. The third kappa shape index (κ3) is 4.24. The Hall–Kier alpha value is -2.04. The molecule has 0 bridgehead atoms. The van der Waals surface area contributed by atoms with E-state index in [1.165, 1.54) is 12.1 Å². The molecular weight excluding hydrogens is 313 g/mol. The van der Waals surface area contributed by atoms with Crippen molar-refractivity contribution < 1.29 is 19.4 Å². The minimum Gasteiger partial charge on any atom is -0.319 e. The first kappa shape index (κ1) is 17.3. The summed E-state index contributed by atoms with van der Waals surface area (Å²) in [6.45, 7) is 6.14. The smallest absolute Gasteiger partial charge is 0.319 e. The lowest BCUT2D eigenvalue weighted by Gasteiger charge is -2.10. The van der Waals surface area contributed by atoms with Crippen LogP contribution in [-0.4, -0.2) is 22.4 Å². The summed E-state index contributed by atoms with van der Waals surface area (Å²) < 4.78 is 15.2. The Balaban J connectivity index is 2.42. The van der Waals surface area contributed by atoms with E-state index < -0.39 is 7.60 Å². The summed E-state index contributed by atoms with van der Waals surface area (Å²) in [5.74, 6) is 0. The van der Waals surface area contributed by atoms with Crippen LogP contribution in [-0.2, 0) is 9.24 Å². The van der Waals surface area contributed by atoms with Crippen LogP contribution in [0.4, 0.5) is 0 Å². The molecule has 5 nitrogen and oxygen atoms in total. The molecule has 0 aromatic heterocycles. The van der Waals surface area contributed by atoms with Gasteiger partial charge in [-0.25, -0.2) is 5.26 Å². The van der Waals surface area contributed by atoms with E-state index in [2.05, 4.69) is 16.2 Å². The van der Waals surface area contributed by atoms with Crippen LogP contribution in [0.2, 0.25) is 0 Å². The van der Waals surface area contributed by atoms with Crippen LogP contribution in [0.15, 0.2) is 66.2 Å². The second-order valence-electron chi connectivity index (χ2n) is 4.99. The third-order valence-electron chi connectivity index (χ3n) is 3.28. The predicted octanol–water partition coefficient (Wildman–Crippen LogP) is 3.32. The second-order valence-corrected chi connectivity index (χ2v) is 6.71.